The fraction of sp³-hybridized carbons (Fsp3) is 0.600. The maximum Gasteiger partial charge on any atom is 0.270 e. The van der Waals surface area contributed by atoms with Crippen LogP contribution in [0.1, 0.15) is 33.3 Å². The van der Waals surface area contributed by atoms with Crippen molar-refractivity contribution in [3.63, 3.8) is 0 Å². The van der Waals surface area contributed by atoms with E-state index in [1.165, 1.54) is 6.07 Å². The number of nitro groups is 1. The van der Waals surface area contributed by atoms with Crippen LogP contribution in [0, 0.1) is 27.9 Å². The molecule has 0 saturated carbocycles. The van der Waals surface area contributed by atoms with Gasteiger partial charge in [0.1, 0.15) is 0 Å². The van der Waals surface area contributed by atoms with Crippen molar-refractivity contribution in [2.75, 3.05) is 6.54 Å². The summed E-state index contributed by atoms with van der Waals surface area (Å²) in [7, 11) is 0. The van der Waals surface area contributed by atoms with E-state index in [1.54, 1.807) is 6.07 Å². The molecule has 1 aromatic carbocycles. The van der Waals surface area contributed by atoms with Gasteiger partial charge < -0.3 is 5.32 Å². The first-order chi connectivity index (χ1) is 9.31. The molecule has 0 radical (unpaired) electrons. The van der Waals surface area contributed by atoms with E-state index in [0.29, 0.717) is 24.3 Å². The zero-order chi connectivity index (χ0) is 15.3. The van der Waals surface area contributed by atoms with E-state index in [1.807, 2.05) is 6.07 Å². The van der Waals surface area contributed by atoms with Gasteiger partial charge >= 0.3 is 0 Å². The molecule has 20 heavy (non-hydrogen) atoms. The molecule has 0 fully saturated rings. The summed E-state index contributed by atoms with van der Waals surface area (Å²) in [4.78, 5) is 10.5. The Hall–Kier alpha value is -0.940. The van der Waals surface area contributed by atoms with Crippen molar-refractivity contribution < 1.29 is 4.92 Å². The first kappa shape index (κ1) is 17.1. The van der Waals surface area contributed by atoms with Crippen LogP contribution < -0.4 is 5.32 Å². The number of hydrogen-bond donors (Lipinski definition) is 1. The molecule has 5 heteroatoms. The molecule has 0 unspecified atom stereocenters. The van der Waals surface area contributed by atoms with Crippen molar-refractivity contribution in [2.45, 2.75) is 34.2 Å². The number of rotatable bonds is 7. The zero-order valence-corrected chi connectivity index (χ0v) is 14.1. The van der Waals surface area contributed by atoms with Crippen LogP contribution in [0.4, 0.5) is 5.69 Å². The van der Waals surface area contributed by atoms with E-state index >= 15 is 0 Å². The second-order valence-corrected chi connectivity index (χ2v) is 6.77. The van der Waals surface area contributed by atoms with Crippen molar-refractivity contribution in [2.24, 2.45) is 17.8 Å². The van der Waals surface area contributed by atoms with Crippen molar-refractivity contribution in [1.82, 2.24) is 5.32 Å². The van der Waals surface area contributed by atoms with E-state index in [2.05, 4.69) is 48.9 Å². The van der Waals surface area contributed by atoms with Crippen molar-refractivity contribution in [3.05, 3.63) is 38.3 Å². The first-order valence-corrected chi connectivity index (χ1v) is 7.75. The van der Waals surface area contributed by atoms with Crippen LogP contribution in [0.2, 0.25) is 0 Å². The summed E-state index contributed by atoms with van der Waals surface area (Å²) in [5.74, 6) is 1.86. The highest BCUT2D eigenvalue weighted by Gasteiger charge is 2.17. The lowest BCUT2D eigenvalue weighted by Gasteiger charge is -2.25. The molecule has 112 valence electrons. The number of halogens is 1. The smallest absolute Gasteiger partial charge is 0.270 e. The lowest BCUT2D eigenvalue weighted by atomic mass is 9.85. The van der Waals surface area contributed by atoms with E-state index in [4.69, 9.17) is 0 Å². The predicted octanol–water partition coefficient (Wildman–Crippen LogP) is 4.38. The molecule has 1 aromatic rings. The molecule has 0 atom stereocenters. The predicted molar refractivity (Wildman–Crippen MR) is 85.7 cm³/mol. The van der Waals surface area contributed by atoms with Gasteiger partial charge in [0.25, 0.3) is 5.69 Å². The second kappa shape index (κ2) is 7.74. The van der Waals surface area contributed by atoms with E-state index in [0.717, 1.165) is 16.6 Å². The van der Waals surface area contributed by atoms with Gasteiger partial charge in [0.15, 0.2) is 0 Å². The highest BCUT2D eigenvalue weighted by Crippen LogP contribution is 2.22. The second-order valence-electron chi connectivity index (χ2n) is 5.86. The average Bonchev–Trinajstić information content (AvgIpc) is 2.32. The largest absolute Gasteiger partial charge is 0.312 e. The Morgan fingerprint density at radius 1 is 1.20 bits per heavy atom. The van der Waals surface area contributed by atoms with Gasteiger partial charge in [0.05, 0.1) is 4.92 Å². The molecule has 4 nitrogen and oxygen atoms in total. The highest BCUT2D eigenvalue weighted by molar-refractivity contribution is 9.10. The van der Waals surface area contributed by atoms with Crippen LogP contribution in [0.5, 0.6) is 0 Å². The molecule has 0 saturated heterocycles. The first-order valence-electron chi connectivity index (χ1n) is 6.95. The molecular formula is C15H23BrN2O2. The van der Waals surface area contributed by atoms with Gasteiger partial charge in [-0.05, 0) is 35.9 Å². The molecule has 1 rings (SSSR count). The van der Waals surface area contributed by atoms with Crippen LogP contribution in [-0.2, 0) is 6.54 Å². The molecule has 0 heterocycles. The van der Waals surface area contributed by atoms with Crippen LogP contribution in [0.3, 0.4) is 0 Å². The van der Waals surface area contributed by atoms with Crippen LogP contribution in [0.15, 0.2) is 22.7 Å². The minimum atomic E-state index is -0.362. The molecule has 0 aliphatic heterocycles. The summed E-state index contributed by atoms with van der Waals surface area (Å²) < 4.78 is 0.743. The van der Waals surface area contributed by atoms with Gasteiger partial charge in [-0.3, -0.25) is 10.1 Å². The summed E-state index contributed by atoms with van der Waals surface area (Å²) in [6.07, 6.45) is 0. The lowest BCUT2D eigenvalue weighted by molar-refractivity contribution is -0.385. The van der Waals surface area contributed by atoms with Gasteiger partial charge in [-0.25, -0.2) is 0 Å². The molecule has 0 spiro atoms. The Kier molecular flexibility index (Phi) is 6.62. The molecule has 0 aliphatic rings. The Bertz CT molecular complexity index is 453. The third kappa shape index (κ3) is 5.21. The van der Waals surface area contributed by atoms with Crippen molar-refractivity contribution in [3.8, 4) is 0 Å². The van der Waals surface area contributed by atoms with Crippen molar-refractivity contribution in [1.29, 1.82) is 0 Å². The SMILES string of the molecule is CC(C)C(CNCc1cc(Br)cc([N+](=O)[O-])c1)C(C)C. The Balaban J connectivity index is 2.64. The van der Waals surface area contributed by atoms with Gasteiger partial charge in [0, 0.05) is 23.2 Å². The third-order valence-electron chi connectivity index (χ3n) is 3.57. The maximum absolute atomic E-state index is 10.8. The third-order valence-corrected chi connectivity index (χ3v) is 4.03. The molecule has 0 aromatic heterocycles. The van der Waals surface area contributed by atoms with E-state index in [-0.39, 0.29) is 10.6 Å². The summed E-state index contributed by atoms with van der Waals surface area (Å²) >= 11 is 3.32. The fourth-order valence-electron chi connectivity index (χ4n) is 2.47. The Labute approximate surface area is 129 Å². The van der Waals surface area contributed by atoms with Crippen LogP contribution in [-0.4, -0.2) is 11.5 Å². The van der Waals surface area contributed by atoms with Crippen LogP contribution in [0.25, 0.3) is 0 Å². The monoisotopic (exact) mass is 342 g/mol. The summed E-state index contributed by atoms with van der Waals surface area (Å²) in [6, 6.07) is 5.06. The lowest BCUT2D eigenvalue weighted by Crippen LogP contribution is -2.29. The van der Waals surface area contributed by atoms with E-state index < -0.39 is 0 Å². The molecule has 1 N–H and O–H groups in total. The topological polar surface area (TPSA) is 55.2 Å². The van der Waals surface area contributed by atoms with E-state index in [9.17, 15) is 10.1 Å². The molecule has 0 aliphatic carbocycles. The normalized spacial score (nSPS) is 11.6. The van der Waals surface area contributed by atoms with Gasteiger partial charge in [0.2, 0.25) is 0 Å². The Morgan fingerprint density at radius 3 is 2.30 bits per heavy atom. The number of nitro benzene ring substituents is 1. The summed E-state index contributed by atoms with van der Waals surface area (Å²) in [5, 5.41) is 14.2. The van der Waals surface area contributed by atoms with Crippen molar-refractivity contribution >= 4 is 21.6 Å². The number of nitrogens with one attached hydrogen (secondary N) is 1. The highest BCUT2D eigenvalue weighted by atomic mass is 79.9. The number of non-ortho nitro benzene ring substituents is 1. The van der Waals surface area contributed by atoms with Gasteiger partial charge in [-0.1, -0.05) is 43.6 Å². The number of benzene rings is 1. The minimum Gasteiger partial charge on any atom is -0.312 e. The quantitative estimate of drug-likeness (QED) is 0.591. The molecular weight excluding hydrogens is 320 g/mol. The maximum atomic E-state index is 10.8. The summed E-state index contributed by atoms with van der Waals surface area (Å²) in [6.45, 7) is 10.5. The number of nitrogens with zero attached hydrogens (tertiary/aromatic N) is 1. The standard InChI is InChI=1S/C15H23BrN2O2/c1-10(2)15(11(3)4)9-17-8-12-5-13(16)7-14(6-12)18(19)20/h5-7,10-11,15,17H,8-9H2,1-4H3. The minimum absolute atomic E-state index is 0.125. The zero-order valence-electron chi connectivity index (χ0n) is 12.5. The molecule has 0 bridgehead atoms. The van der Waals surface area contributed by atoms with Gasteiger partial charge in [-0.15, -0.1) is 0 Å². The Morgan fingerprint density at radius 2 is 1.80 bits per heavy atom. The average molecular weight is 343 g/mol. The summed E-state index contributed by atoms with van der Waals surface area (Å²) in [5.41, 5.74) is 1.05. The molecule has 0 amide bonds. The fourth-order valence-corrected chi connectivity index (χ4v) is 2.99. The van der Waals surface area contributed by atoms with Gasteiger partial charge in [-0.2, -0.15) is 0 Å². The van der Waals surface area contributed by atoms with Crippen LogP contribution >= 0.6 is 15.9 Å². The number of hydrogen-bond acceptors (Lipinski definition) is 3.